The molecule has 0 aromatic heterocycles. The molecule has 1 amide bonds. The molecule has 1 aromatic rings. The molecule has 19 heavy (non-hydrogen) atoms. The van der Waals surface area contributed by atoms with Crippen molar-refractivity contribution in [3.63, 3.8) is 0 Å². The molecule has 0 saturated heterocycles. The molecule has 0 saturated carbocycles. The van der Waals surface area contributed by atoms with Crippen molar-refractivity contribution in [1.29, 1.82) is 0 Å². The highest BCUT2D eigenvalue weighted by Crippen LogP contribution is 2.21. The van der Waals surface area contributed by atoms with Crippen LogP contribution in [-0.4, -0.2) is 28.6 Å². The molecule has 0 aliphatic rings. The molecule has 3 nitrogen and oxygen atoms in total. The third-order valence-electron chi connectivity index (χ3n) is 2.90. The molecule has 0 aliphatic carbocycles. The van der Waals surface area contributed by atoms with Crippen LogP contribution in [0.2, 0.25) is 5.02 Å². The van der Waals surface area contributed by atoms with Gasteiger partial charge in [-0.15, -0.1) is 0 Å². The first-order valence-corrected chi connectivity index (χ1v) is 7.70. The van der Waals surface area contributed by atoms with Gasteiger partial charge in [0, 0.05) is 16.3 Å². The van der Waals surface area contributed by atoms with Crippen molar-refractivity contribution < 1.29 is 9.90 Å². The lowest BCUT2D eigenvalue weighted by Crippen LogP contribution is -2.36. The molecule has 1 unspecified atom stereocenters. The number of benzene rings is 1. The number of aliphatic hydroxyl groups is 1. The SMILES string of the molecule is CSC(C)(C)CNC(=O)CC(O)c1ccc(Cl)cc1. The lowest BCUT2D eigenvalue weighted by atomic mass is 10.1. The maximum Gasteiger partial charge on any atom is 0.223 e. The van der Waals surface area contributed by atoms with Gasteiger partial charge >= 0.3 is 0 Å². The number of hydrogen-bond acceptors (Lipinski definition) is 3. The predicted octanol–water partition coefficient (Wildman–Crippen LogP) is 3.02. The molecule has 0 bridgehead atoms. The van der Waals surface area contributed by atoms with Crippen LogP contribution in [0.5, 0.6) is 0 Å². The molecule has 5 heteroatoms. The summed E-state index contributed by atoms with van der Waals surface area (Å²) in [4.78, 5) is 11.7. The summed E-state index contributed by atoms with van der Waals surface area (Å²) in [6, 6.07) is 6.86. The summed E-state index contributed by atoms with van der Waals surface area (Å²) in [5, 5.41) is 13.4. The zero-order chi connectivity index (χ0) is 14.5. The third kappa shape index (κ3) is 5.85. The van der Waals surface area contributed by atoms with Crippen molar-refractivity contribution in [3.8, 4) is 0 Å². The van der Waals surface area contributed by atoms with Crippen LogP contribution < -0.4 is 5.32 Å². The van der Waals surface area contributed by atoms with E-state index in [0.717, 1.165) is 0 Å². The molecule has 1 atom stereocenters. The second-order valence-electron chi connectivity index (χ2n) is 5.01. The summed E-state index contributed by atoms with van der Waals surface area (Å²) in [7, 11) is 0. The van der Waals surface area contributed by atoms with E-state index in [1.165, 1.54) is 0 Å². The van der Waals surface area contributed by atoms with Crippen molar-refractivity contribution in [2.75, 3.05) is 12.8 Å². The van der Waals surface area contributed by atoms with Crippen LogP contribution in [0, 0.1) is 0 Å². The zero-order valence-electron chi connectivity index (χ0n) is 11.4. The van der Waals surface area contributed by atoms with Crippen LogP contribution in [0.15, 0.2) is 24.3 Å². The summed E-state index contributed by atoms with van der Waals surface area (Å²) in [6.07, 6.45) is 1.27. The minimum absolute atomic E-state index is 0.000878. The average molecular weight is 302 g/mol. The van der Waals surface area contributed by atoms with Crippen LogP contribution in [0.3, 0.4) is 0 Å². The topological polar surface area (TPSA) is 49.3 Å². The first kappa shape index (κ1) is 16.3. The maximum atomic E-state index is 11.7. The Hall–Kier alpha value is -0.710. The molecular weight excluding hydrogens is 282 g/mol. The number of aliphatic hydroxyl groups excluding tert-OH is 1. The number of nitrogens with one attached hydrogen (secondary N) is 1. The Balaban J connectivity index is 2.46. The first-order valence-electron chi connectivity index (χ1n) is 6.09. The number of carbonyl (C=O) groups excluding carboxylic acids is 1. The van der Waals surface area contributed by atoms with Gasteiger partial charge in [0.05, 0.1) is 12.5 Å². The number of rotatable bonds is 6. The Morgan fingerprint density at radius 2 is 2.00 bits per heavy atom. The van der Waals surface area contributed by atoms with Crippen molar-refractivity contribution in [2.45, 2.75) is 31.1 Å². The second-order valence-corrected chi connectivity index (χ2v) is 6.96. The van der Waals surface area contributed by atoms with Gasteiger partial charge in [0.2, 0.25) is 5.91 Å². The number of hydrogen-bond donors (Lipinski definition) is 2. The number of amides is 1. The van der Waals surface area contributed by atoms with E-state index in [1.54, 1.807) is 36.0 Å². The third-order valence-corrected chi connectivity index (χ3v) is 4.40. The summed E-state index contributed by atoms with van der Waals surface area (Å²) in [5.41, 5.74) is 0.698. The molecular formula is C14H20ClNO2S. The fraction of sp³-hybridized carbons (Fsp3) is 0.500. The number of carbonyl (C=O) groups is 1. The standard InChI is InChI=1S/C14H20ClNO2S/c1-14(2,19-3)9-16-13(18)8-12(17)10-4-6-11(15)7-5-10/h4-7,12,17H,8-9H2,1-3H3,(H,16,18). The fourth-order valence-electron chi connectivity index (χ4n) is 1.43. The van der Waals surface area contributed by atoms with Crippen molar-refractivity contribution in [2.24, 2.45) is 0 Å². The van der Waals surface area contributed by atoms with E-state index in [-0.39, 0.29) is 17.1 Å². The molecule has 0 radical (unpaired) electrons. The summed E-state index contributed by atoms with van der Waals surface area (Å²) in [6.45, 7) is 4.71. The van der Waals surface area contributed by atoms with Gasteiger partial charge in [-0.3, -0.25) is 4.79 Å². The molecule has 106 valence electrons. The van der Waals surface area contributed by atoms with E-state index < -0.39 is 6.10 Å². The fourth-order valence-corrected chi connectivity index (χ4v) is 1.78. The van der Waals surface area contributed by atoms with Crippen molar-refractivity contribution >= 4 is 29.3 Å². The Morgan fingerprint density at radius 3 is 2.53 bits per heavy atom. The first-order chi connectivity index (χ1) is 8.84. The van der Waals surface area contributed by atoms with Gasteiger partial charge in [0.1, 0.15) is 0 Å². The van der Waals surface area contributed by atoms with E-state index in [2.05, 4.69) is 19.2 Å². The van der Waals surface area contributed by atoms with Gasteiger partial charge in [-0.05, 0) is 37.8 Å². The summed E-state index contributed by atoms with van der Waals surface area (Å²) in [5.74, 6) is -0.149. The highest BCUT2D eigenvalue weighted by atomic mass is 35.5. The minimum Gasteiger partial charge on any atom is -0.388 e. The predicted molar refractivity (Wildman–Crippen MR) is 81.6 cm³/mol. The molecule has 1 rings (SSSR count). The van der Waals surface area contributed by atoms with Crippen molar-refractivity contribution in [3.05, 3.63) is 34.9 Å². The van der Waals surface area contributed by atoms with Gasteiger partial charge in [0.25, 0.3) is 0 Å². The van der Waals surface area contributed by atoms with Crippen LogP contribution in [-0.2, 0) is 4.79 Å². The molecule has 0 aliphatic heterocycles. The summed E-state index contributed by atoms with van der Waals surface area (Å²) >= 11 is 7.47. The molecule has 1 aromatic carbocycles. The Morgan fingerprint density at radius 1 is 1.42 bits per heavy atom. The lowest BCUT2D eigenvalue weighted by Gasteiger charge is -2.22. The highest BCUT2D eigenvalue weighted by Gasteiger charge is 2.18. The maximum absolute atomic E-state index is 11.7. The molecule has 0 heterocycles. The van der Waals surface area contributed by atoms with Crippen molar-refractivity contribution in [1.82, 2.24) is 5.32 Å². The monoisotopic (exact) mass is 301 g/mol. The van der Waals surface area contributed by atoms with Gasteiger partial charge in [0.15, 0.2) is 0 Å². The van der Waals surface area contributed by atoms with Gasteiger partial charge < -0.3 is 10.4 Å². The molecule has 0 fully saturated rings. The van der Waals surface area contributed by atoms with Crippen LogP contribution in [0.4, 0.5) is 0 Å². The zero-order valence-corrected chi connectivity index (χ0v) is 13.0. The Kier molecular flexibility index (Phi) is 6.17. The number of halogens is 1. The van der Waals surface area contributed by atoms with E-state index in [0.29, 0.717) is 17.1 Å². The molecule has 2 N–H and O–H groups in total. The second kappa shape index (κ2) is 7.17. The average Bonchev–Trinajstić information content (AvgIpc) is 2.37. The minimum atomic E-state index is -0.797. The van der Waals surface area contributed by atoms with E-state index in [1.807, 2.05) is 6.26 Å². The normalized spacial score (nSPS) is 13.1. The van der Waals surface area contributed by atoms with Crippen LogP contribution in [0.25, 0.3) is 0 Å². The quantitative estimate of drug-likeness (QED) is 0.849. The highest BCUT2D eigenvalue weighted by molar-refractivity contribution is 7.99. The largest absolute Gasteiger partial charge is 0.388 e. The van der Waals surface area contributed by atoms with E-state index >= 15 is 0 Å². The van der Waals surface area contributed by atoms with E-state index in [9.17, 15) is 9.90 Å². The van der Waals surface area contributed by atoms with Gasteiger partial charge in [-0.1, -0.05) is 23.7 Å². The summed E-state index contributed by atoms with van der Waals surface area (Å²) < 4.78 is 0.000878. The Bertz CT molecular complexity index is 420. The molecule has 0 spiro atoms. The Labute approximate surface area is 123 Å². The van der Waals surface area contributed by atoms with Crippen LogP contribution in [0.1, 0.15) is 31.9 Å². The van der Waals surface area contributed by atoms with E-state index in [4.69, 9.17) is 11.6 Å². The number of thioether (sulfide) groups is 1. The smallest absolute Gasteiger partial charge is 0.223 e. The van der Waals surface area contributed by atoms with Gasteiger partial charge in [-0.2, -0.15) is 11.8 Å². The van der Waals surface area contributed by atoms with Crippen LogP contribution >= 0.6 is 23.4 Å². The lowest BCUT2D eigenvalue weighted by molar-refractivity contribution is -0.123. The van der Waals surface area contributed by atoms with Gasteiger partial charge in [-0.25, -0.2) is 0 Å².